The van der Waals surface area contributed by atoms with Crippen molar-refractivity contribution in [3.63, 3.8) is 0 Å². The summed E-state index contributed by atoms with van der Waals surface area (Å²) in [5, 5.41) is 7.55. The molecule has 86 valence electrons. The molecule has 0 bridgehead atoms. The van der Waals surface area contributed by atoms with Gasteiger partial charge in [0.05, 0.1) is 17.4 Å². The van der Waals surface area contributed by atoms with Crippen LogP contribution in [0.4, 0.5) is 11.4 Å². The molecule has 1 heterocycles. The highest BCUT2D eigenvalue weighted by molar-refractivity contribution is 5.88. The third-order valence-electron chi connectivity index (χ3n) is 3.20. The van der Waals surface area contributed by atoms with E-state index in [2.05, 4.69) is 29.0 Å². The minimum atomic E-state index is -0.0325. The van der Waals surface area contributed by atoms with Crippen LogP contribution < -0.4 is 15.5 Å². The van der Waals surface area contributed by atoms with Gasteiger partial charge in [0.25, 0.3) is 0 Å². The van der Waals surface area contributed by atoms with Crippen molar-refractivity contribution >= 4 is 17.2 Å². The quantitative estimate of drug-likeness (QED) is 0.580. The summed E-state index contributed by atoms with van der Waals surface area (Å²) in [6, 6.07) is 8.23. The van der Waals surface area contributed by atoms with E-state index in [0.717, 1.165) is 13.1 Å². The number of nitrogens with one attached hydrogen (secondary N) is 1. The number of para-hydroxylation sites is 2. The highest BCUT2D eigenvalue weighted by atomic mass is 15.3. The molecule has 1 unspecified atom stereocenters. The number of rotatable bonds is 2. The van der Waals surface area contributed by atoms with Gasteiger partial charge in [0.1, 0.15) is 5.84 Å². The topological polar surface area (TPSA) is 56.4 Å². The largest absolute Gasteiger partial charge is 0.386 e. The zero-order valence-electron chi connectivity index (χ0n) is 9.77. The summed E-state index contributed by atoms with van der Waals surface area (Å²) in [6.07, 6.45) is 0. The Bertz CT molecular complexity index is 402. The Balaban J connectivity index is 2.38. The van der Waals surface area contributed by atoms with Gasteiger partial charge in [-0.1, -0.05) is 12.1 Å². The average Bonchev–Trinajstić information content (AvgIpc) is 2.29. The minimum Gasteiger partial charge on any atom is -0.386 e. The molecular weight excluding hydrogens is 200 g/mol. The van der Waals surface area contributed by atoms with Crippen LogP contribution >= 0.6 is 0 Å². The maximum absolute atomic E-state index is 7.55. The molecule has 0 radical (unpaired) electrons. The van der Waals surface area contributed by atoms with Crippen molar-refractivity contribution in [2.75, 3.05) is 29.9 Å². The summed E-state index contributed by atoms with van der Waals surface area (Å²) < 4.78 is 0. The Hall–Kier alpha value is -1.71. The van der Waals surface area contributed by atoms with Crippen LogP contribution in [0.1, 0.15) is 6.92 Å². The molecule has 1 atom stereocenters. The second kappa shape index (κ2) is 4.04. The molecule has 0 fully saturated rings. The first kappa shape index (κ1) is 10.8. The fourth-order valence-corrected chi connectivity index (χ4v) is 2.10. The number of hydrogen-bond acceptors (Lipinski definition) is 3. The van der Waals surface area contributed by atoms with Crippen LogP contribution in [0.15, 0.2) is 24.3 Å². The van der Waals surface area contributed by atoms with Crippen LogP contribution in [-0.4, -0.2) is 32.0 Å². The van der Waals surface area contributed by atoms with Crippen LogP contribution in [0.25, 0.3) is 0 Å². The van der Waals surface area contributed by atoms with Gasteiger partial charge in [-0.2, -0.15) is 0 Å². The Morgan fingerprint density at radius 1 is 1.31 bits per heavy atom. The maximum atomic E-state index is 7.55. The first-order valence-corrected chi connectivity index (χ1v) is 5.52. The van der Waals surface area contributed by atoms with Crippen molar-refractivity contribution in [3.05, 3.63) is 24.3 Å². The maximum Gasteiger partial charge on any atom is 0.113 e. The SMILES string of the molecule is CC(C(=N)N)N1CCN(C)c2ccccc21. The zero-order valence-corrected chi connectivity index (χ0v) is 9.77. The summed E-state index contributed by atoms with van der Waals surface area (Å²) in [5.74, 6) is 0.222. The summed E-state index contributed by atoms with van der Waals surface area (Å²) in [7, 11) is 2.09. The van der Waals surface area contributed by atoms with E-state index in [9.17, 15) is 0 Å². The number of nitrogens with two attached hydrogens (primary N) is 1. The van der Waals surface area contributed by atoms with Crippen molar-refractivity contribution in [1.29, 1.82) is 5.41 Å². The zero-order chi connectivity index (χ0) is 11.7. The number of hydrogen-bond donors (Lipinski definition) is 2. The molecule has 1 aromatic rings. The molecule has 0 amide bonds. The normalized spacial score (nSPS) is 16.9. The van der Waals surface area contributed by atoms with Gasteiger partial charge in [-0.3, -0.25) is 5.41 Å². The molecule has 0 aromatic heterocycles. The number of likely N-dealkylation sites (N-methyl/N-ethyl adjacent to an activating group) is 1. The molecule has 16 heavy (non-hydrogen) atoms. The number of amidine groups is 1. The van der Waals surface area contributed by atoms with Crippen LogP contribution in [0.3, 0.4) is 0 Å². The van der Waals surface area contributed by atoms with Crippen molar-refractivity contribution in [3.8, 4) is 0 Å². The van der Waals surface area contributed by atoms with E-state index in [1.165, 1.54) is 11.4 Å². The monoisotopic (exact) mass is 218 g/mol. The van der Waals surface area contributed by atoms with Gasteiger partial charge in [0.15, 0.2) is 0 Å². The fraction of sp³-hybridized carbons (Fsp3) is 0.417. The van der Waals surface area contributed by atoms with E-state index in [1.54, 1.807) is 0 Å². The number of nitrogens with zero attached hydrogens (tertiary/aromatic N) is 2. The van der Waals surface area contributed by atoms with Crippen LogP contribution in [0, 0.1) is 5.41 Å². The second-order valence-corrected chi connectivity index (χ2v) is 4.23. The predicted molar refractivity (Wildman–Crippen MR) is 68.4 cm³/mol. The Kier molecular flexibility index (Phi) is 2.73. The summed E-state index contributed by atoms with van der Waals surface area (Å²) in [6.45, 7) is 3.85. The second-order valence-electron chi connectivity index (χ2n) is 4.23. The summed E-state index contributed by atoms with van der Waals surface area (Å²) in [5.41, 5.74) is 7.96. The molecule has 0 saturated carbocycles. The molecule has 1 aliphatic rings. The van der Waals surface area contributed by atoms with E-state index < -0.39 is 0 Å². The van der Waals surface area contributed by atoms with E-state index in [4.69, 9.17) is 11.1 Å². The van der Waals surface area contributed by atoms with E-state index in [0.29, 0.717) is 0 Å². The van der Waals surface area contributed by atoms with Gasteiger partial charge >= 0.3 is 0 Å². The molecule has 0 spiro atoms. The van der Waals surface area contributed by atoms with Crippen molar-refractivity contribution in [2.45, 2.75) is 13.0 Å². The minimum absolute atomic E-state index is 0.0325. The molecule has 4 nitrogen and oxygen atoms in total. The van der Waals surface area contributed by atoms with Gasteiger partial charge in [-0.05, 0) is 19.1 Å². The lowest BCUT2D eigenvalue weighted by Crippen LogP contribution is -2.48. The third kappa shape index (κ3) is 1.71. The first-order valence-electron chi connectivity index (χ1n) is 5.52. The predicted octanol–water partition coefficient (Wildman–Crippen LogP) is 1.27. The highest BCUT2D eigenvalue weighted by Crippen LogP contribution is 2.32. The molecule has 1 aromatic carbocycles. The van der Waals surface area contributed by atoms with Gasteiger partial charge in [-0.25, -0.2) is 0 Å². The van der Waals surface area contributed by atoms with Gasteiger partial charge in [0.2, 0.25) is 0 Å². The molecule has 3 N–H and O–H groups in total. The number of anilines is 2. The number of benzene rings is 1. The fourth-order valence-electron chi connectivity index (χ4n) is 2.10. The molecule has 4 heteroatoms. The Morgan fingerprint density at radius 2 is 1.94 bits per heavy atom. The van der Waals surface area contributed by atoms with Crippen molar-refractivity contribution in [1.82, 2.24) is 0 Å². The van der Waals surface area contributed by atoms with Gasteiger partial charge in [-0.15, -0.1) is 0 Å². The standard InChI is InChI=1S/C12H18N4/c1-9(12(13)14)16-8-7-15(2)10-5-3-4-6-11(10)16/h3-6,9H,7-8H2,1-2H3,(H3,13,14). The van der Waals surface area contributed by atoms with Gasteiger partial charge in [0, 0.05) is 20.1 Å². The number of fused-ring (bicyclic) bond motifs is 1. The lowest BCUT2D eigenvalue weighted by Gasteiger charge is -2.39. The van der Waals surface area contributed by atoms with Crippen LogP contribution in [-0.2, 0) is 0 Å². The van der Waals surface area contributed by atoms with E-state index >= 15 is 0 Å². The molecular formula is C12H18N4. The summed E-state index contributed by atoms with van der Waals surface area (Å²) in [4.78, 5) is 4.43. The van der Waals surface area contributed by atoms with E-state index in [-0.39, 0.29) is 11.9 Å². The third-order valence-corrected chi connectivity index (χ3v) is 3.20. The van der Waals surface area contributed by atoms with Crippen LogP contribution in [0.2, 0.25) is 0 Å². The van der Waals surface area contributed by atoms with Crippen molar-refractivity contribution in [2.24, 2.45) is 5.73 Å². The van der Waals surface area contributed by atoms with Crippen LogP contribution in [0.5, 0.6) is 0 Å². The van der Waals surface area contributed by atoms with E-state index in [1.807, 2.05) is 19.1 Å². The smallest absolute Gasteiger partial charge is 0.113 e. The summed E-state index contributed by atoms with van der Waals surface area (Å²) >= 11 is 0. The molecule has 2 rings (SSSR count). The van der Waals surface area contributed by atoms with Gasteiger partial charge < -0.3 is 15.5 Å². The average molecular weight is 218 g/mol. The Labute approximate surface area is 96.2 Å². The molecule has 1 aliphatic heterocycles. The highest BCUT2D eigenvalue weighted by Gasteiger charge is 2.24. The molecule has 0 saturated heterocycles. The molecule has 0 aliphatic carbocycles. The first-order chi connectivity index (χ1) is 7.61. The lowest BCUT2D eigenvalue weighted by atomic mass is 10.1. The lowest BCUT2D eigenvalue weighted by molar-refractivity contribution is 0.705. The Morgan fingerprint density at radius 3 is 2.56 bits per heavy atom. The van der Waals surface area contributed by atoms with Crippen molar-refractivity contribution < 1.29 is 0 Å².